The van der Waals surface area contributed by atoms with Crippen molar-refractivity contribution in [2.24, 2.45) is 0 Å². The summed E-state index contributed by atoms with van der Waals surface area (Å²) in [4.78, 5) is 24.6. The molecule has 31 heavy (non-hydrogen) atoms. The summed E-state index contributed by atoms with van der Waals surface area (Å²) in [6.45, 7) is 2.67. The molecule has 0 saturated heterocycles. The summed E-state index contributed by atoms with van der Waals surface area (Å²) < 4.78 is 16.7. The molecule has 0 amide bonds. The Hall–Kier alpha value is -3.86. The summed E-state index contributed by atoms with van der Waals surface area (Å²) in [7, 11) is 1.54. The van der Waals surface area contributed by atoms with Gasteiger partial charge in [0.1, 0.15) is 17.2 Å². The minimum atomic E-state index is -0.425. The normalized spacial score (nSPS) is 13.4. The Balaban J connectivity index is 1.89. The maximum Gasteiger partial charge on any atom is 0.344 e. The predicted octanol–water partition coefficient (Wildman–Crippen LogP) is 3.00. The second-order valence-electron chi connectivity index (χ2n) is 7.08. The van der Waals surface area contributed by atoms with Crippen molar-refractivity contribution in [2.45, 2.75) is 13.3 Å². The zero-order chi connectivity index (χ0) is 21.8. The van der Waals surface area contributed by atoms with E-state index in [1.54, 1.807) is 12.1 Å². The maximum absolute atomic E-state index is 12.6. The van der Waals surface area contributed by atoms with E-state index in [1.165, 1.54) is 7.11 Å². The van der Waals surface area contributed by atoms with Gasteiger partial charge in [-0.05, 0) is 41.8 Å². The largest absolute Gasteiger partial charge is 0.496 e. The number of benzene rings is 3. The topological polar surface area (TPSA) is 61.8 Å². The molecular formula is C26H22O5. The van der Waals surface area contributed by atoms with E-state index >= 15 is 0 Å². The van der Waals surface area contributed by atoms with Crippen molar-refractivity contribution in [3.05, 3.63) is 88.3 Å². The molecule has 0 aliphatic carbocycles. The third kappa shape index (κ3) is 3.94. The monoisotopic (exact) mass is 414 g/mol. The second kappa shape index (κ2) is 8.88. The number of carbonyl (C=O) groups excluding carboxylic acids is 2. The van der Waals surface area contributed by atoms with Crippen molar-refractivity contribution in [2.75, 3.05) is 13.7 Å². The second-order valence-corrected chi connectivity index (χ2v) is 7.08. The van der Waals surface area contributed by atoms with E-state index < -0.39 is 5.97 Å². The van der Waals surface area contributed by atoms with Crippen molar-refractivity contribution in [1.29, 1.82) is 0 Å². The van der Waals surface area contributed by atoms with E-state index in [1.807, 2.05) is 61.5 Å². The van der Waals surface area contributed by atoms with E-state index in [-0.39, 0.29) is 0 Å². The molecule has 0 saturated carbocycles. The molecule has 0 bridgehead atoms. The molecule has 5 heteroatoms. The number of ether oxygens (including phenoxy) is 3. The molecule has 1 heterocycles. The van der Waals surface area contributed by atoms with Crippen molar-refractivity contribution >= 4 is 23.4 Å². The van der Waals surface area contributed by atoms with Crippen LogP contribution in [0.4, 0.5) is 0 Å². The molecule has 1 aliphatic heterocycles. The van der Waals surface area contributed by atoms with Crippen LogP contribution in [0, 0.1) is 0 Å². The zero-order valence-corrected chi connectivity index (χ0v) is 17.4. The molecule has 1 aliphatic rings. The van der Waals surface area contributed by atoms with Crippen LogP contribution in [0.5, 0.6) is 17.2 Å². The molecule has 3 aromatic rings. The van der Waals surface area contributed by atoms with Crippen LogP contribution in [0.3, 0.4) is 0 Å². The van der Waals surface area contributed by atoms with Crippen LogP contribution in [0.15, 0.2) is 66.7 Å². The van der Waals surface area contributed by atoms with Crippen molar-refractivity contribution in [1.82, 2.24) is 0 Å². The Morgan fingerprint density at radius 3 is 2.42 bits per heavy atom. The average Bonchev–Trinajstić information content (AvgIpc) is 3.13. The molecular weight excluding hydrogens is 392 g/mol. The van der Waals surface area contributed by atoms with Crippen LogP contribution >= 0.6 is 0 Å². The van der Waals surface area contributed by atoms with Crippen molar-refractivity contribution in [3.63, 3.8) is 0 Å². The van der Waals surface area contributed by atoms with Crippen molar-refractivity contribution in [3.8, 4) is 17.2 Å². The van der Waals surface area contributed by atoms with Gasteiger partial charge in [-0.1, -0.05) is 49.4 Å². The van der Waals surface area contributed by atoms with Crippen LogP contribution in [0.2, 0.25) is 0 Å². The Morgan fingerprint density at radius 1 is 1.03 bits per heavy atom. The lowest BCUT2D eigenvalue weighted by Crippen LogP contribution is -2.17. The van der Waals surface area contributed by atoms with Gasteiger partial charge in [0.05, 0.1) is 19.3 Å². The van der Waals surface area contributed by atoms with Gasteiger partial charge >= 0.3 is 5.97 Å². The van der Waals surface area contributed by atoms with Crippen LogP contribution in [-0.2, 0) is 9.59 Å². The standard InChI is InChI=1S/C26H22O5/c1-3-13-30-19-11-9-17(10-12-19)22(16-27)20-14-24-21(15-23(20)29-2)25(26(28)31-24)18-7-5-4-6-8-18/h4-12,14-16H,3,13H2,1-2H3/b22-20+. The molecule has 156 valence electrons. The van der Waals surface area contributed by atoms with E-state index in [0.29, 0.717) is 45.3 Å². The summed E-state index contributed by atoms with van der Waals surface area (Å²) in [5.41, 5.74) is 2.40. The highest BCUT2D eigenvalue weighted by molar-refractivity contribution is 6.19. The van der Waals surface area contributed by atoms with Gasteiger partial charge in [0.2, 0.25) is 0 Å². The van der Waals surface area contributed by atoms with Crippen LogP contribution < -0.4 is 24.6 Å². The zero-order valence-electron chi connectivity index (χ0n) is 17.4. The van der Waals surface area contributed by atoms with Crippen LogP contribution in [0.1, 0.15) is 24.5 Å². The summed E-state index contributed by atoms with van der Waals surface area (Å²) in [5, 5.41) is 1.20. The summed E-state index contributed by atoms with van der Waals surface area (Å²) in [5.74, 6) is 1.21. The number of rotatable bonds is 7. The molecule has 0 unspecified atom stereocenters. The molecule has 3 aromatic carbocycles. The van der Waals surface area contributed by atoms with Gasteiger partial charge < -0.3 is 14.2 Å². The van der Waals surface area contributed by atoms with E-state index in [2.05, 4.69) is 0 Å². The highest BCUT2D eigenvalue weighted by Gasteiger charge is 2.25. The predicted molar refractivity (Wildman–Crippen MR) is 118 cm³/mol. The molecule has 4 rings (SSSR count). The van der Waals surface area contributed by atoms with Gasteiger partial charge in [0.15, 0.2) is 6.29 Å². The summed E-state index contributed by atoms with van der Waals surface area (Å²) in [6, 6.07) is 20.1. The van der Waals surface area contributed by atoms with Gasteiger partial charge in [0.25, 0.3) is 0 Å². The third-order valence-corrected chi connectivity index (χ3v) is 5.09. The number of methoxy groups -OCH3 is 1. The molecule has 5 nitrogen and oxygen atoms in total. The fourth-order valence-corrected chi connectivity index (χ4v) is 3.60. The number of fused-ring (bicyclic) bond motifs is 1. The van der Waals surface area contributed by atoms with Gasteiger partial charge in [0, 0.05) is 16.0 Å². The molecule has 0 spiro atoms. The molecule has 0 atom stereocenters. The Labute approximate surface area is 180 Å². The molecule has 0 N–H and O–H groups in total. The number of hydrogen-bond acceptors (Lipinski definition) is 5. The van der Waals surface area contributed by atoms with Gasteiger partial charge in [-0.15, -0.1) is 0 Å². The fourth-order valence-electron chi connectivity index (χ4n) is 3.60. The lowest BCUT2D eigenvalue weighted by Gasteiger charge is -2.08. The minimum Gasteiger partial charge on any atom is -0.496 e. The van der Waals surface area contributed by atoms with Crippen LogP contribution in [0.25, 0.3) is 11.1 Å². The molecule has 0 fully saturated rings. The first-order valence-corrected chi connectivity index (χ1v) is 10.1. The summed E-state index contributed by atoms with van der Waals surface area (Å²) in [6.07, 6.45) is 1.70. The maximum atomic E-state index is 12.6. The van der Waals surface area contributed by atoms with Crippen molar-refractivity contribution < 1.29 is 23.8 Å². The van der Waals surface area contributed by atoms with E-state index in [9.17, 15) is 9.59 Å². The quantitative estimate of drug-likeness (QED) is 0.338. The smallest absolute Gasteiger partial charge is 0.344 e. The van der Waals surface area contributed by atoms with Gasteiger partial charge in [-0.25, -0.2) is 4.79 Å². The minimum absolute atomic E-state index is 0.405. The molecule has 0 radical (unpaired) electrons. The van der Waals surface area contributed by atoms with Gasteiger partial charge in [-0.3, -0.25) is 4.79 Å². The van der Waals surface area contributed by atoms with E-state index in [0.717, 1.165) is 24.0 Å². The first-order valence-electron chi connectivity index (χ1n) is 10.1. The average molecular weight is 414 g/mol. The number of hydrogen-bond donors (Lipinski definition) is 0. The fraction of sp³-hybridized carbons (Fsp3) is 0.154. The number of carbonyl (C=O) groups is 2. The highest BCUT2D eigenvalue weighted by Crippen LogP contribution is 2.24. The first kappa shape index (κ1) is 20.4. The number of esters is 1. The third-order valence-electron chi connectivity index (χ3n) is 5.09. The highest BCUT2D eigenvalue weighted by atomic mass is 16.5. The summed E-state index contributed by atoms with van der Waals surface area (Å²) >= 11 is 0. The van der Waals surface area contributed by atoms with Gasteiger partial charge in [-0.2, -0.15) is 0 Å². The lowest BCUT2D eigenvalue weighted by atomic mass is 10.0. The first-order chi connectivity index (χ1) is 15.2. The number of aldehydes is 1. The Morgan fingerprint density at radius 2 is 1.77 bits per heavy atom. The Bertz CT molecular complexity index is 1240. The van der Waals surface area contributed by atoms with Crippen LogP contribution in [-0.4, -0.2) is 26.0 Å². The SMILES string of the molecule is CCCOc1ccc(/C(C=O)=c2\cc3c(cc2OC)=C(c2ccccc2)C(=O)O3)cc1. The lowest BCUT2D eigenvalue weighted by molar-refractivity contribution is -0.127. The molecule has 0 aromatic heterocycles. The van der Waals surface area contributed by atoms with E-state index in [4.69, 9.17) is 14.2 Å². The Kier molecular flexibility index (Phi) is 5.85.